The lowest BCUT2D eigenvalue weighted by Gasteiger charge is -2.11. The largest absolute Gasteiger partial charge is 0.356 e. The van der Waals surface area contributed by atoms with Crippen LogP contribution in [0.3, 0.4) is 0 Å². The molecule has 0 bridgehead atoms. The Morgan fingerprint density at radius 2 is 2.14 bits per heavy atom. The highest BCUT2D eigenvalue weighted by molar-refractivity contribution is 7.09. The van der Waals surface area contributed by atoms with Gasteiger partial charge in [0.25, 0.3) is 0 Å². The number of aliphatic imine (C=N–C) groups is 1. The maximum atomic E-state index is 4.47. The van der Waals surface area contributed by atoms with E-state index in [1.54, 1.807) is 24.6 Å². The summed E-state index contributed by atoms with van der Waals surface area (Å²) in [7, 11) is 1.80. The Kier molecular flexibility index (Phi) is 6.89. The summed E-state index contributed by atoms with van der Waals surface area (Å²) >= 11 is 1.74. The highest BCUT2D eigenvalue weighted by Gasteiger charge is 2.00. The summed E-state index contributed by atoms with van der Waals surface area (Å²) in [6.07, 6.45) is 6.87. The van der Waals surface area contributed by atoms with Crippen LogP contribution in [0.1, 0.15) is 23.5 Å². The number of guanidine groups is 1. The van der Waals surface area contributed by atoms with Crippen molar-refractivity contribution in [2.24, 2.45) is 4.99 Å². The van der Waals surface area contributed by atoms with Crippen molar-refractivity contribution in [2.45, 2.75) is 32.7 Å². The molecule has 2 rings (SSSR count). The molecule has 2 N–H and O–H groups in total. The Labute approximate surface area is 135 Å². The first-order chi connectivity index (χ1) is 10.8. The zero-order valence-corrected chi connectivity index (χ0v) is 14.1. The molecular formula is C15H24N6S. The van der Waals surface area contributed by atoms with Gasteiger partial charge in [-0.2, -0.15) is 5.10 Å². The number of aryl methyl sites for hydroxylation is 3. The standard InChI is InChI=1S/C15H24N6S/c1-13-12-22-14(20-13)6-3-7-17-15(16-2)18-8-4-10-21-11-5-9-19-21/h5,9,11-12H,3-4,6-8,10H2,1-2H3,(H2,16,17,18). The zero-order chi connectivity index (χ0) is 15.6. The second kappa shape index (κ2) is 9.19. The molecule has 0 saturated heterocycles. The van der Waals surface area contributed by atoms with Crippen molar-refractivity contribution in [2.75, 3.05) is 20.1 Å². The van der Waals surface area contributed by atoms with E-state index in [2.05, 4.69) is 31.1 Å². The van der Waals surface area contributed by atoms with Gasteiger partial charge in [-0.15, -0.1) is 11.3 Å². The van der Waals surface area contributed by atoms with E-state index >= 15 is 0 Å². The lowest BCUT2D eigenvalue weighted by Crippen LogP contribution is -2.38. The van der Waals surface area contributed by atoms with Gasteiger partial charge in [-0.25, -0.2) is 4.98 Å². The molecule has 0 aliphatic rings. The molecule has 2 heterocycles. The summed E-state index contributed by atoms with van der Waals surface area (Å²) in [5, 5.41) is 14.1. The summed E-state index contributed by atoms with van der Waals surface area (Å²) in [4.78, 5) is 8.70. The van der Waals surface area contributed by atoms with E-state index < -0.39 is 0 Å². The van der Waals surface area contributed by atoms with Gasteiger partial charge in [0, 0.05) is 56.6 Å². The summed E-state index contributed by atoms with van der Waals surface area (Å²) in [6, 6.07) is 1.94. The van der Waals surface area contributed by atoms with Gasteiger partial charge in [-0.3, -0.25) is 9.67 Å². The van der Waals surface area contributed by atoms with Gasteiger partial charge in [0.2, 0.25) is 0 Å². The highest BCUT2D eigenvalue weighted by atomic mass is 32.1. The molecular weight excluding hydrogens is 296 g/mol. The van der Waals surface area contributed by atoms with E-state index in [4.69, 9.17) is 0 Å². The summed E-state index contributed by atoms with van der Waals surface area (Å²) in [6.45, 7) is 4.73. The molecule has 0 aromatic carbocycles. The molecule has 0 saturated carbocycles. The molecule has 2 aromatic heterocycles. The minimum atomic E-state index is 0.857. The van der Waals surface area contributed by atoms with Crippen molar-refractivity contribution < 1.29 is 0 Å². The summed E-state index contributed by atoms with van der Waals surface area (Å²) in [5.41, 5.74) is 1.11. The normalized spacial score (nSPS) is 11.6. The predicted octanol–water partition coefficient (Wildman–Crippen LogP) is 1.84. The topological polar surface area (TPSA) is 67.1 Å². The number of nitrogens with zero attached hydrogens (tertiary/aromatic N) is 4. The molecule has 0 atom stereocenters. The minimum absolute atomic E-state index is 0.857. The van der Waals surface area contributed by atoms with Gasteiger partial charge in [0.15, 0.2) is 5.96 Å². The van der Waals surface area contributed by atoms with Crippen molar-refractivity contribution in [1.29, 1.82) is 0 Å². The van der Waals surface area contributed by atoms with Crippen LogP contribution in [0.5, 0.6) is 0 Å². The van der Waals surface area contributed by atoms with E-state index in [1.807, 2.05) is 23.9 Å². The van der Waals surface area contributed by atoms with Crippen LogP contribution in [-0.2, 0) is 13.0 Å². The van der Waals surface area contributed by atoms with Crippen LogP contribution in [0.15, 0.2) is 28.8 Å². The summed E-state index contributed by atoms with van der Waals surface area (Å²) < 4.78 is 1.94. The van der Waals surface area contributed by atoms with E-state index in [9.17, 15) is 0 Å². The maximum Gasteiger partial charge on any atom is 0.190 e. The van der Waals surface area contributed by atoms with Crippen LogP contribution in [0.2, 0.25) is 0 Å². The van der Waals surface area contributed by atoms with Crippen molar-refractivity contribution in [3.8, 4) is 0 Å². The van der Waals surface area contributed by atoms with Gasteiger partial charge >= 0.3 is 0 Å². The van der Waals surface area contributed by atoms with Crippen LogP contribution in [0.4, 0.5) is 0 Å². The SMILES string of the molecule is CN=C(NCCCc1nc(C)cs1)NCCCn1cccn1. The van der Waals surface area contributed by atoms with Gasteiger partial charge in [0.1, 0.15) is 0 Å². The first kappa shape index (κ1) is 16.5. The number of rotatable bonds is 8. The number of hydrogen-bond acceptors (Lipinski definition) is 4. The Balaban J connectivity index is 1.55. The Bertz CT molecular complexity index is 560. The first-order valence-electron chi connectivity index (χ1n) is 7.61. The lowest BCUT2D eigenvalue weighted by molar-refractivity contribution is 0.570. The Morgan fingerprint density at radius 1 is 1.32 bits per heavy atom. The van der Waals surface area contributed by atoms with Gasteiger partial charge in [0.05, 0.1) is 5.01 Å². The minimum Gasteiger partial charge on any atom is -0.356 e. The molecule has 2 aromatic rings. The molecule has 0 amide bonds. The van der Waals surface area contributed by atoms with E-state index in [-0.39, 0.29) is 0 Å². The molecule has 0 unspecified atom stereocenters. The second-order valence-electron chi connectivity index (χ2n) is 5.03. The summed E-state index contributed by atoms with van der Waals surface area (Å²) in [5.74, 6) is 0.857. The van der Waals surface area contributed by atoms with Crippen LogP contribution < -0.4 is 10.6 Å². The molecule has 0 aliphatic carbocycles. The highest BCUT2D eigenvalue weighted by Crippen LogP contribution is 2.10. The number of thiazole rings is 1. The van der Waals surface area contributed by atoms with Crippen LogP contribution >= 0.6 is 11.3 Å². The van der Waals surface area contributed by atoms with E-state index in [0.717, 1.165) is 50.6 Å². The van der Waals surface area contributed by atoms with Crippen molar-refractivity contribution in [1.82, 2.24) is 25.4 Å². The smallest absolute Gasteiger partial charge is 0.190 e. The third-order valence-electron chi connectivity index (χ3n) is 3.17. The number of hydrogen-bond donors (Lipinski definition) is 2. The fraction of sp³-hybridized carbons (Fsp3) is 0.533. The Morgan fingerprint density at radius 3 is 2.77 bits per heavy atom. The average molecular weight is 320 g/mol. The monoisotopic (exact) mass is 320 g/mol. The second-order valence-corrected chi connectivity index (χ2v) is 5.98. The predicted molar refractivity (Wildman–Crippen MR) is 91.4 cm³/mol. The number of nitrogens with one attached hydrogen (secondary N) is 2. The first-order valence-corrected chi connectivity index (χ1v) is 8.49. The molecule has 0 fully saturated rings. The van der Waals surface area contributed by atoms with Gasteiger partial charge in [-0.1, -0.05) is 0 Å². The van der Waals surface area contributed by atoms with Crippen LogP contribution in [-0.4, -0.2) is 40.9 Å². The third kappa shape index (κ3) is 5.85. The quantitative estimate of drug-likeness (QED) is 0.442. The van der Waals surface area contributed by atoms with Crippen molar-refractivity contribution >= 4 is 17.3 Å². The van der Waals surface area contributed by atoms with E-state index in [0.29, 0.717) is 0 Å². The average Bonchev–Trinajstić information content (AvgIpc) is 3.17. The molecule has 0 spiro atoms. The molecule has 7 heteroatoms. The molecule has 6 nitrogen and oxygen atoms in total. The lowest BCUT2D eigenvalue weighted by atomic mass is 10.3. The fourth-order valence-electron chi connectivity index (χ4n) is 2.07. The third-order valence-corrected chi connectivity index (χ3v) is 4.19. The van der Waals surface area contributed by atoms with Crippen LogP contribution in [0.25, 0.3) is 0 Å². The molecule has 0 radical (unpaired) electrons. The van der Waals surface area contributed by atoms with Gasteiger partial charge < -0.3 is 10.6 Å². The Hall–Kier alpha value is -1.89. The number of aromatic nitrogens is 3. The van der Waals surface area contributed by atoms with E-state index in [1.165, 1.54) is 5.01 Å². The zero-order valence-electron chi connectivity index (χ0n) is 13.2. The van der Waals surface area contributed by atoms with Crippen LogP contribution in [0, 0.1) is 6.92 Å². The van der Waals surface area contributed by atoms with Crippen molar-refractivity contribution in [3.05, 3.63) is 34.5 Å². The molecule has 120 valence electrons. The molecule has 22 heavy (non-hydrogen) atoms. The maximum absolute atomic E-state index is 4.47. The van der Waals surface area contributed by atoms with Crippen molar-refractivity contribution in [3.63, 3.8) is 0 Å². The fourth-order valence-corrected chi connectivity index (χ4v) is 2.88. The molecule has 0 aliphatic heterocycles. The van der Waals surface area contributed by atoms with Gasteiger partial charge in [-0.05, 0) is 25.8 Å².